The number of amides is 1. The van der Waals surface area contributed by atoms with Crippen molar-refractivity contribution in [2.45, 2.75) is 13.1 Å². The second kappa shape index (κ2) is 7.72. The number of hydrogen-bond acceptors (Lipinski definition) is 5. The highest BCUT2D eigenvalue weighted by Crippen LogP contribution is 2.33. The molecule has 0 radical (unpaired) electrons. The number of hydrazine groups is 1. The van der Waals surface area contributed by atoms with E-state index in [1.165, 1.54) is 25.1 Å². The zero-order valence-electron chi connectivity index (χ0n) is 15.5. The average molecular weight is 395 g/mol. The van der Waals surface area contributed by atoms with E-state index in [0.717, 1.165) is 29.9 Å². The van der Waals surface area contributed by atoms with Crippen LogP contribution in [0.15, 0.2) is 35.1 Å². The Morgan fingerprint density at radius 3 is 2.43 bits per heavy atom. The molecule has 7 nitrogen and oxygen atoms in total. The molecule has 0 saturated carbocycles. The third-order valence-electron chi connectivity index (χ3n) is 4.52. The molecule has 28 heavy (non-hydrogen) atoms. The molecule has 1 fully saturated rings. The van der Waals surface area contributed by atoms with Gasteiger partial charge in [-0.15, -0.1) is 0 Å². The van der Waals surface area contributed by atoms with Crippen LogP contribution in [0.25, 0.3) is 5.69 Å². The van der Waals surface area contributed by atoms with Gasteiger partial charge in [0.2, 0.25) is 5.43 Å². The number of nitrogens with zero attached hydrogens (tertiary/aromatic N) is 4. The van der Waals surface area contributed by atoms with Crippen molar-refractivity contribution < 1.29 is 18.0 Å². The van der Waals surface area contributed by atoms with Gasteiger partial charge in [0.25, 0.3) is 5.91 Å². The summed E-state index contributed by atoms with van der Waals surface area (Å²) >= 11 is 0. The monoisotopic (exact) mass is 395 g/mol. The van der Waals surface area contributed by atoms with Crippen molar-refractivity contribution in [1.82, 2.24) is 25.1 Å². The number of aryl methyl sites for hydroxylation is 1. The van der Waals surface area contributed by atoms with Crippen LogP contribution in [0.1, 0.15) is 21.7 Å². The summed E-state index contributed by atoms with van der Waals surface area (Å²) in [6.45, 7) is 4.08. The lowest BCUT2D eigenvalue weighted by Crippen LogP contribution is -2.53. The molecule has 1 aromatic heterocycles. The number of halogens is 3. The number of aromatic nitrogens is 2. The van der Waals surface area contributed by atoms with Crippen molar-refractivity contribution in [3.8, 4) is 5.69 Å². The van der Waals surface area contributed by atoms with Gasteiger partial charge in [-0.05, 0) is 26.1 Å². The molecule has 0 atom stereocenters. The third-order valence-corrected chi connectivity index (χ3v) is 4.52. The first-order chi connectivity index (χ1) is 13.2. The molecule has 1 saturated heterocycles. The summed E-state index contributed by atoms with van der Waals surface area (Å²) in [6.07, 6.45) is -4.60. The van der Waals surface area contributed by atoms with Gasteiger partial charge in [-0.1, -0.05) is 12.1 Å². The average Bonchev–Trinajstić information content (AvgIpc) is 2.63. The molecule has 2 heterocycles. The highest BCUT2D eigenvalue weighted by molar-refractivity contribution is 5.91. The fourth-order valence-electron chi connectivity index (χ4n) is 2.96. The summed E-state index contributed by atoms with van der Waals surface area (Å²) in [7, 11) is 1.96. The SMILES string of the molecule is Cc1cc(=O)c(C(=O)NN2CCN(C)CC2)nn1-c1ccccc1C(F)(F)F. The van der Waals surface area contributed by atoms with E-state index in [9.17, 15) is 22.8 Å². The minimum atomic E-state index is -4.60. The molecule has 2 aromatic rings. The molecule has 0 bridgehead atoms. The summed E-state index contributed by atoms with van der Waals surface area (Å²) in [6, 6.07) is 5.99. The van der Waals surface area contributed by atoms with Gasteiger partial charge in [-0.3, -0.25) is 15.0 Å². The minimum Gasteiger partial charge on any atom is -0.304 e. The molecule has 150 valence electrons. The number of rotatable bonds is 3. The van der Waals surface area contributed by atoms with Crippen molar-refractivity contribution in [2.24, 2.45) is 0 Å². The van der Waals surface area contributed by atoms with Gasteiger partial charge in [0.15, 0.2) is 5.69 Å². The van der Waals surface area contributed by atoms with Crippen molar-refractivity contribution in [1.29, 1.82) is 0 Å². The normalized spacial score (nSPS) is 16.2. The van der Waals surface area contributed by atoms with E-state index in [4.69, 9.17) is 0 Å². The highest BCUT2D eigenvalue weighted by atomic mass is 19.4. The van der Waals surface area contributed by atoms with Gasteiger partial charge < -0.3 is 4.90 Å². The Hall–Kier alpha value is -2.72. The summed E-state index contributed by atoms with van der Waals surface area (Å²) in [5.41, 5.74) is 0.544. The number of carbonyl (C=O) groups is 1. The molecule has 1 aliphatic rings. The van der Waals surface area contributed by atoms with E-state index in [1.807, 2.05) is 7.05 Å². The van der Waals surface area contributed by atoms with Gasteiger partial charge in [-0.2, -0.15) is 18.3 Å². The second-order valence-corrected chi connectivity index (χ2v) is 6.66. The predicted molar refractivity (Wildman–Crippen MR) is 96.1 cm³/mol. The summed E-state index contributed by atoms with van der Waals surface area (Å²) < 4.78 is 41.0. The number of carbonyl (C=O) groups excluding carboxylic acids is 1. The standard InChI is InChI=1S/C18H20F3N5O2/c1-12-11-15(27)16(17(28)23-25-9-7-24(2)8-10-25)22-26(12)14-6-4-3-5-13(14)18(19,20)21/h3-6,11H,7-10H2,1-2H3,(H,23,28). The van der Waals surface area contributed by atoms with E-state index in [1.54, 1.807) is 5.01 Å². The fraction of sp³-hybridized carbons (Fsp3) is 0.389. The van der Waals surface area contributed by atoms with Crippen LogP contribution in [-0.4, -0.2) is 58.8 Å². The van der Waals surface area contributed by atoms with Crippen molar-refractivity contribution in [2.75, 3.05) is 33.2 Å². The number of para-hydroxylation sites is 1. The molecule has 1 N–H and O–H groups in total. The smallest absolute Gasteiger partial charge is 0.304 e. The van der Waals surface area contributed by atoms with E-state index in [2.05, 4.69) is 15.4 Å². The first-order valence-corrected chi connectivity index (χ1v) is 8.69. The maximum absolute atomic E-state index is 13.4. The number of nitrogens with one attached hydrogen (secondary N) is 1. The molecule has 3 rings (SSSR count). The quantitative estimate of drug-likeness (QED) is 0.852. The lowest BCUT2D eigenvalue weighted by atomic mass is 10.1. The van der Waals surface area contributed by atoms with Gasteiger partial charge >= 0.3 is 6.18 Å². The van der Waals surface area contributed by atoms with Gasteiger partial charge in [0.1, 0.15) is 0 Å². The van der Waals surface area contributed by atoms with E-state index in [0.29, 0.717) is 13.1 Å². The molecule has 0 unspecified atom stereocenters. The maximum atomic E-state index is 13.4. The Kier molecular flexibility index (Phi) is 5.52. The molecular weight excluding hydrogens is 375 g/mol. The lowest BCUT2D eigenvalue weighted by Gasteiger charge is -2.32. The largest absolute Gasteiger partial charge is 0.418 e. The third kappa shape index (κ3) is 4.23. The first-order valence-electron chi connectivity index (χ1n) is 8.69. The molecule has 10 heteroatoms. The number of piperazine rings is 1. The molecule has 1 amide bonds. The molecular formula is C18H20F3N5O2. The molecule has 1 aromatic carbocycles. The Bertz CT molecular complexity index is 934. The van der Waals surface area contributed by atoms with Gasteiger partial charge in [0, 0.05) is 37.9 Å². The minimum absolute atomic E-state index is 0.192. The van der Waals surface area contributed by atoms with Crippen LogP contribution in [0.5, 0.6) is 0 Å². The first kappa shape index (κ1) is 20.0. The maximum Gasteiger partial charge on any atom is 0.418 e. The molecule has 0 spiro atoms. The topological polar surface area (TPSA) is 70.5 Å². The van der Waals surface area contributed by atoms with Crippen LogP contribution >= 0.6 is 0 Å². The van der Waals surface area contributed by atoms with Crippen LogP contribution in [0.3, 0.4) is 0 Å². The number of likely N-dealkylation sites (N-methyl/N-ethyl adjacent to an activating group) is 1. The zero-order chi connectivity index (χ0) is 20.5. The summed E-state index contributed by atoms with van der Waals surface area (Å²) in [4.78, 5) is 26.9. The lowest BCUT2D eigenvalue weighted by molar-refractivity contribution is -0.137. The number of alkyl halides is 3. The van der Waals surface area contributed by atoms with E-state index >= 15 is 0 Å². The number of benzene rings is 1. The zero-order valence-corrected chi connectivity index (χ0v) is 15.5. The van der Waals surface area contributed by atoms with E-state index < -0.39 is 28.8 Å². The Balaban J connectivity index is 1.96. The van der Waals surface area contributed by atoms with Crippen LogP contribution < -0.4 is 10.9 Å². The Morgan fingerprint density at radius 2 is 1.79 bits per heavy atom. The van der Waals surface area contributed by atoms with Crippen LogP contribution in [0, 0.1) is 6.92 Å². The highest BCUT2D eigenvalue weighted by Gasteiger charge is 2.34. The van der Waals surface area contributed by atoms with Crippen molar-refractivity contribution >= 4 is 5.91 Å². The Labute approximate surface area is 159 Å². The second-order valence-electron chi connectivity index (χ2n) is 6.66. The number of hydrogen-bond donors (Lipinski definition) is 1. The molecule has 0 aliphatic carbocycles. The van der Waals surface area contributed by atoms with Crippen molar-refractivity contribution in [3.05, 3.63) is 57.5 Å². The van der Waals surface area contributed by atoms with Gasteiger partial charge in [0.05, 0.1) is 11.3 Å². The molecule has 1 aliphatic heterocycles. The summed E-state index contributed by atoms with van der Waals surface area (Å²) in [5, 5.41) is 5.62. The van der Waals surface area contributed by atoms with Crippen LogP contribution in [0.4, 0.5) is 13.2 Å². The van der Waals surface area contributed by atoms with Gasteiger partial charge in [-0.25, -0.2) is 9.69 Å². The van der Waals surface area contributed by atoms with Crippen LogP contribution in [-0.2, 0) is 6.18 Å². The van der Waals surface area contributed by atoms with Crippen LogP contribution in [0.2, 0.25) is 0 Å². The summed E-state index contributed by atoms with van der Waals surface area (Å²) in [5.74, 6) is -0.743. The predicted octanol–water partition coefficient (Wildman–Crippen LogP) is 1.45. The Morgan fingerprint density at radius 1 is 1.14 bits per heavy atom. The fourth-order valence-corrected chi connectivity index (χ4v) is 2.96. The van der Waals surface area contributed by atoms with E-state index in [-0.39, 0.29) is 11.4 Å². The van der Waals surface area contributed by atoms with Crippen molar-refractivity contribution in [3.63, 3.8) is 0 Å².